The van der Waals surface area contributed by atoms with E-state index in [0.29, 0.717) is 6.61 Å². The van der Waals surface area contributed by atoms with Crippen LogP contribution < -0.4 is 10.1 Å². The van der Waals surface area contributed by atoms with Crippen molar-refractivity contribution < 1.29 is 4.74 Å². The molecule has 14 heavy (non-hydrogen) atoms. The first-order valence-electron chi connectivity index (χ1n) is 4.63. The van der Waals surface area contributed by atoms with Crippen LogP contribution in [0, 0.1) is 0 Å². The molecule has 2 aliphatic heterocycles. The number of ether oxygens (including phenoxy) is 1. The Hall–Kier alpha value is -1.77. The average molecular weight is 186 g/mol. The van der Waals surface area contributed by atoms with Crippen LogP contribution in [0.4, 0.5) is 0 Å². The lowest BCUT2D eigenvalue weighted by Crippen LogP contribution is -2.22. The molecule has 3 heteroatoms. The Labute approximate surface area is 82.1 Å². The minimum absolute atomic E-state index is 0.154. The van der Waals surface area contributed by atoms with Gasteiger partial charge in [0.25, 0.3) is 0 Å². The van der Waals surface area contributed by atoms with Crippen molar-refractivity contribution >= 4 is 6.34 Å². The van der Waals surface area contributed by atoms with Gasteiger partial charge in [0.05, 0.1) is 6.34 Å². The molecule has 1 N–H and O–H groups in total. The second-order valence-electron chi connectivity index (χ2n) is 3.39. The van der Waals surface area contributed by atoms with Crippen molar-refractivity contribution in [2.45, 2.75) is 6.04 Å². The Kier molecular flexibility index (Phi) is 1.56. The van der Waals surface area contributed by atoms with E-state index in [9.17, 15) is 0 Å². The predicted octanol–water partition coefficient (Wildman–Crippen LogP) is 1.64. The molecule has 3 nitrogen and oxygen atoms in total. The second-order valence-corrected chi connectivity index (χ2v) is 3.39. The Morgan fingerprint density at radius 2 is 2.29 bits per heavy atom. The molecule has 0 amide bonds. The quantitative estimate of drug-likeness (QED) is 0.668. The van der Waals surface area contributed by atoms with Gasteiger partial charge in [-0.1, -0.05) is 18.2 Å². The lowest BCUT2D eigenvalue weighted by molar-refractivity contribution is 0.318. The zero-order chi connectivity index (χ0) is 9.38. The predicted molar refractivity (Wildman–Crippen MR) is 54.4 cm³/mol. The van der Waals surface area contributed by atoms with E-state index in [1.165, 1.54) is 5.57 Å². The fourth-order valence-electron chi connectivity index (χ4n) is 1.84. The molecule has 1 atom stereocenters. The summed E-state index contributed by atoms with van der Waals surface area (Å²) in [6, 6.07) is 8.21. The molecule has 0 aromatic heterocycles. The lowest BCUT2D eigenvalue weighted by Gasteiger charge is -2.27. The highest BCUT2D eigenvalue weighted by Gasteiger charge is 2.25. The van der Waals surface area contributed by atoms with Crippen LogP contribution in [0.3, 0.4) is 0 Å². The second kappa shape index (κ2) is 2.87. The normalized spacial score (nSPS) is 22.6. The summed E-state index contributed by atoms with van der Waals surface area (Å²) in [6.07, 6.45) is 3.70. The van der Waals surface area contributed by atoms with Gasteiger partial charge in [-0.25, -0.2) is 0 Å². The highest BCUT2D eigenvalue weighted by Crippen LogP contribution is 2.37. The number of hydrogen-bond donors (Lipinski definition) is 1. The van der Waals surface area contributed by atoms with Crippen molar-refractivity contribution in [1.29, 1.82) is 0 Å². The van der Waals surface area contributed by atoms with Gasteiger partial charge in [-0.05, 0) is 6.07 Å². The van der Waals surface area contributed by atoms with E-state index in [1.807, 2.05) is 24.4 Å². The third-order valence-electron chi connectivity index (χ3n) is 2.53. The summed E-state index contributed by atoms with van der Waals surface area (Å²) in [5.41, 5.74) is 2.34. The molecule has 1 aromatic carbocycles. The molecule has 2 aliphatic rings. The monoisotopic (exact) mass is 186 g/mol. The van der Waals surface area contributed by atoms with Crippen molar-refractivity contribution in [3.05, 3.63) is 41.6 Å². The standard InChI is InChI=1S/C11H10N2O/c1-2-4-10-9(3-1)11-8(6-14-10)5-12-7-13-11/h1-5,7,11H,6H2,(H,12,13). The molecule has 0 radical (unpaired) electrons. The zero-order valence-corrected chi connectivity index (χ0v) is 7.60. The van der Waals surface area contributed by atoms with E-state index >= 15 is 0 Å². The summed E-state index contributed by atoms with van der Waals surface area (Å²) in [6.45, 7) is 0.631. The molecule has 0 saturated carbocycles. The third-order valence-corrected chi connectivity index (χ3v) is 2.53. The van der Waals surface area contributed by atoms with Crippen LogP contribution in [0.25, 0.3) is 0 Å². The highest BCUT2D eigenvalue weighted by atomic mass is 16.5. The first-order valence-corrected chi connectivity index (χ1v) is 4.63. The van der Waals surface area contributed by atoms with E-state index in [1.54, 1.807) is 6.34 Å². The summed E-state index contributed by atoms with van der Waals surface area (Å²) < 4.78 is 5.61. The van der Waals surface area contributed by atoms with Crippen molar-refractivity contribution in [1.82, 2.24) is 5.32 Å². The topological polar surface area (TPSA) is 33.6 Å². The molecular weight excluding hydrogens is 176 g/mol. The van der Waals surface area contributed by atoms with Crippen molar-refractivity contribution in [2.24, 2.45) is 4.99 Å². The number of hydrogen-bond acceptors (Lipinski definition) is 3. The van der Waals surface area contributed by atoms with Gasteiger partial charge in [-0.3, -0.25) is 4.99 Å². The molecule has 0 bridgehead atoms. The van der Waals surface area contributed by atoms with Gasteiger partial charge in [-0.15, -0.1) is 0 Å². The molecule has 0 spiro atoms. The molecule has 1 unspecified atom stereocenters. The van der Waals surface area contributed by atoms with Gasteiger partial charge in [0.15, 0.2) is 0 Å². The number of para-hydroxylation sites is 1. The first kappa shape index (κ1) is 7.62. The van der Waals surface area contributed by atoms with Gasteiger partial charge in [-0.2, -0.15) is 0 Å². The summed E-state index contributed by atoms with van der Waals surface area (Å²) >= 11 is 0. The van der Waals surface area contributed by atoms with E-state index in [4.69, 9.17) is 4.74 Å². The van der Waals surface area contributed by atoms with Crippen molar-refractivity contribution in [2.75, 3.05) is 6.61 Å². The van der Waals surface area contributed by atoms with Gasteiger partial charge in [0.1, 0.15) is 18.4 Å². The van der Waals surface area contributed by atoms with Crippen LogP contribution in [0.15, 0.2) is 41.0 Å². The Bertz CT molecular complexity index is 423. The molecular formula is C11H10N2O. The number of nitrogens with zero attached hydrogens (tertiary/aromatic N) is 1. The minimum Gasteiger partial charge on any atom is -0.489 e. The lowest BCUT2D eigenvalue weighted by atomic mass is 9.96. The molecule has 0 aliphatic carbocycles. The smallest absolute Gasteiger partial charge is 0.125 e. The van der Waals surface area contributed by atoms with Gasteiger partial charge < -0.3 is 10.1 Å². The van der Waals surface area contributed by atoms with Crippen molar-refractivity contribution in [3.8, 4) is 5.75 Å². The molecule has 0 fully saturated rings. The largest absolute Gasteiger partial charge is 0.489 e. The zero-order valence-electron chi connectivity index (χ0n) is 7.60. The van der Waals surface area contributed by atoms with E-state index < -0.39 is 0 Å². The molecule has 2 heterocycles. The number of rotatable bonds is 0. The molecule has 0 saturated heterocycles. The average Bonchev–Trinajstić information content (AvgIpc) is 2.29. The molecule has 3 rings (SSSR count). The SMILES string of the molecule is C1=NC2C(=CN1)COc1ccccc12. The van der Waals surface area contributed by atoms with Crippen LogP contribution in [0.1, 0.15) is 11.6 Å². The minimum atomic E-state index is 0.154. The van der Waals surface area contributed by atoms with Gasteiger partial charge in [0.2, 0.25) is 0 Å². The fraction of sp³-hybridized carbons (Fsp3) is 0.182. The first-order chi connectivity index (χ1) is 6.95. The maximum absolute atomic E-state index is 5.61. The third kappa shape index (κ3) is 1.02. The fourth-order valence-corrected chi connectivity index (χ4v) is 1.84. The summed E-state index contributed by atoms with van der Waals surface area (Å²) in [5.74, 6) is 0.953. The Morgan fingerprint density at radius 1 is 1.36 bits per heavy atom. The number of fused-ring (bicyclic) bond motifs is 3. The number of benzene rings is 1. The number of nitrogens with one attached hydrogen (secondary N) is 1. The van der Waals surface area contributed by atoms with Crippen LogP contribution in [0.2, 0.25) is 0 Å². The number of aliphatic imine (C=N–C) groups is 1. The van der Waals surface area contributed by atoms with Gasteiger partial charge in [0, 0.05) is 17.3 Å². The van der Waals surface area contributed by atoms with Crippen LogP contribution in [-0.4, -0.2) is 12.9 Å². The maximum atomic E-state index is 5.61. The molecule has 70 valence electrons. The summed E-state index contributed by atoms with van der Waals surface area (Å²) in [4.78, 5) is 4.41. The van der Waals surface area contributed by atoms with Crippen molar-refractivity contribution in [3.63, 3.8) is 0 Å². The summed E-state index contributed by atoms with van der Waals surface area (Å²) in [7, 11) is 0. The van der Waals surface area contributed by atoms with Crippen LogP contribution in [0.5, 0.6) is 5.75 Å². The summed E-state index contributed by atoms with van der Waals surface area (Å²) in [5, 5.41) is 2.98. The van der Waals surface area contributed by atoms with Crippen LogP contribution >= 0.6 is 0 Å². The Morgan fingerprint density at radius 3 is 3.29 bits per heavy atom. The van der Waals surface area contributed by atoms with E-state index in [-0.39, 0.29) is 6.04 Å². The Balaban J connectivity index is 2.12. The van der Waals surface area contributed by atoms with E-state index in [2.05, 4.69) is 16.4 Å². The van der Waals surface area contributed by atoms with Crippen LogP contribution in [-0.2, 0) is 0 Å². The van der Waals surface area contributed by atoms with Gasteiger partial charge >= 0.3 is 0 Å². The maximum Gasteiger partial charge on any atom is 0.125 e. The molecule has 1 aromatic rings. The highest BCUT2D eigenvalue weighted by molar-refractivity contribution is 5.61. The van der Waals surface area contributed by atoms with E-state index in [0.717, 1.165) is 11.3 Å².